The lowest BCUT2D eigenvalue weighted by atomic mass is 10.2. The van der Waals surface area contributed by atoms with Crippen LogP contribution in [0.2, 0.25) is 0 Å². The highest BCUT2D eigenvalue weighted by atomic mass is 32.1. The smallest absolute Gasteiger partial charge is 0.341 e. The molecular weight excluding hydrogens is 326 g/mol. The molecule has 1 aromatic carbocycles. The number of carbonyl (C=O) groups is 1. The average molecular weight is 343 g/mol. The number of rotatable bonds is 4. The zero-order valence-electron chi connectivity index (χ0n) is 13.5. The Morgan fingerprint density at radius 3 is 2.58 bits per heavy atom. The van der Waals surface area contributed by atoms with Gasteiger partial charge in [-0.15, -0.1) is 16.4 Å². The molecule has 0 saturated heterocycles. The third kappa shape index (κ3) is 3.28. The summed E-state index contributed by atoms with van der Waals surface area (Å²) in [7, 11) is 0. The summed E-state index contributed by atoms with van der Waals surface area (Å²) in [6.07, 6.45) is 0. The molecule has 0 saturated carbocycles. The molecule has 0 bridgehead atoms. The summed E-state index contributed by atoms with van der Waals surface area (Å²) in [5, 5.41) is 9.53. The van der Waals surface area contributed by atoms with Gasteiger partial charge in [0.2, 0.25) is 5.82 Å². The highest BCUT2D eigenvalue weighted by molar-refractivity contribution is 7.15. The van der Waals surface area contributed by atoms with Crippen molar-refractivity contribution < 1.29 is 4.79 Å². The first-order valence-electron chi connectivity index (χ1n) is 7.44. The molecule has 124 valence electrons. The zero-order chi connectivity index (χ0) is 17.3. The highest BCUT2D eigenvalue weighted by Crippen LogP contribution is 2.31. The van der Waals surface area contributed by atoms with Crippen LogP contribution in [0.4, 0.5) is 0 Å². The standard InChI is InChI=1S/C16H17N5O2S/c1-8-4-6-11(7-5-8)15-18-10(3)12(24-15)9(2)17-14(22)13-19-16(23)21-20-13/h4-7,9H,1-3H3,(H,17,22)(H2,19,20,21,23)/t9-/m1/s1. The molecule has 7 nitrogen and oxygen atoms in total. The minimum atomic E-state index is -0.511. The minimum absolute atomic E-state index is 0.0345. The van der Waals surface area contributed by atoms with E-state index in [1.807, 2.05) is 45.0 Å². The van der Waals surface area contributed by atoms with Crippen molar-refractivity contribution in [2.45, 2.75) is 26.8 Å². The molecule has 0 aliphatic rings. The van der Waals surface area contributed by atoms with E-state index in [4.69, 9.17) is 0 Å². The molecule has 24 heavy (non-hydrogen) atoms. The van der Waals surface area contributed by atoms with Gasteiger partial charge in [0.15, 0.2) is 0 Å². The van der Waals surface area contributed by atoms with E-state index >= 15 is 0 Å². The fourth-order valence-corrected chi connectivity index (χ4v) is 3.41. The van der Waals surface area contributed by atoms with Crippen LogP contribution in [0, 0.1) is 13.8 Å². The maximum Gasteiger partial charge on any atom is 0.341 e. The third-order valence-corrected chi connectivity index (χ3v) is 4.98. The Morgan fingerprint density at radius 1 is 1.25 bits per heavy atom. The van der Waals surface area contributed by atoms with E-state index in [9.17, 15) is 9.59 Å². The van der Waals surface area contributed by atoms with Gasteiger partial charge in [-0.1, -0.05) is 29.8 Å². The zero-order valence-corrected chi connectivity index (χ0v) is 14.3. The second-order valence-electron chi connectivity index (χ2n) is 5.56. The van der Waals surface area contributed by atoms with E-state index in [1.165, 1.54) is 5.56 Å². The minimum Gasteiger partial charge on any atom is -0.342 e. The van der Waals surface area contributed by atoms with E-state index in [1.54, 1.807) is 11.3 Å². The van der Waals surface area contributed by atoms with Crippen molar-refractivity contribution >= 4 is 17.2 Å². The first-order chi connectivity index (χ1) is 11.4. The van der Waals surface area contributed by atoms with Crippen LogP contribution in [0.3, 0.4) is 0 Å². The number of benzene rings is 1. The lowest BCUT2D eigenvalue weighted by Gasteiger charge is -2.11. The number of amides is 1. The lowest BCUT2D eigenvalue weighted by Crippen LogP contribution is -2.27. The van der Waals surface area contributed by atoms with Crippen LogP contribution >= 0.6 is 11.3 Å². The molecule has 0 unspecified atom stereocenters. The van der Waals surface area contributed by atoms with E-state index in [-0.39, 0.29) is 11.9 Å². The topological polar surface area (TPSA) is 104 Å². The first kappa shape index (κ1) is 16.1. The Balaban J connectivity index is 1.80. The Bertz CT molecular complexity index is 923. The quantitative estimate of drug-likeness (QED) is 0.676. The Hall–Kier alpha value is -2.74. The molecule has 2 heterocycles. The first-order valence-corrected chi connectivity index (χ1v) is 8.25. The van der Waals surface area contributed by atoms with Crippen molar-refractivity contribution in [3.63, 3.8) is 0 Å². The van der Waals surface area contributed by atoms with Crippen LogP contribution in [0.25, 0.3) is 10.6 Å². The predicted octanol–water partition coefficient (Wildman–Crippen LogP) is 2.33. The number of hydrogen-bond donors (Lipinski definition) is 3. The molecule has 3 N–H and O–H groups in total. The van der Waals surface area contributed by atoms with Crippen molar-refractivity contribution in [1.29, 1.82) is 0 Å². The summed E-state index contributed by atoms with van der Waals surface area (Å²) in [6, 6.07) is 7.93. The van der Waals surface area contributed by atoms with Crippen molar-refractivity contribution in [2.75, 3.05) is 0 Å². The summed E-state index contributed by atoms with van der Waals surface area (Å²) in [6.45, 7) is 5.84. The van der Waals surface area contributed by atoms with Crippen molar-refractivity contribution in [3.05, 3.63) is 56.7 Å². The molecule has 0 aliphatic heterocycles. The molecule has 2 aromatic heterocycles. The second-order valence-corrected chi connectivity index (χ2v) is 6.59. The Labute approximate surface area is 142 Å². The van der Waals surface area contributed by atoms with Crippen molar-refractivity contribution in [2.24, 2.45) is 0 Å². The summed E-state index contributed by atoms with van der Waals surface area (Å²) in [5.74, 6) is -0.474. The van der Waals surface area contributed by atoms with Crippen molar-refractivity contribution in [3.8, 4) is 10.6 Å². The molecule has 0 spiro atoms. The number of nitrogens with one attached hydrogen (secondary N) is 3. The third-order valence-electron chi connectivity index (χ3n) is 3.59. The fourth-order valence-electron chi connectivity index (χ4n) is 2.34. The van der Waals surface area contributed by atoms with Crippen LogP contribution in [0.1, 0.15) is 39.7 Å². The van der Waals surface area contributed by atoms with E-state index in [0.29, 0.717) is 0 Å². The van der Waals surface area contributed by atoms with Gasteiger partial charge in [0, 0.05) is 5.56 Å². The van der Waals surface area contributed by atoms with E-state index in [2.05, 4.69) is 25.5 Å². The number of H-pyrrole nitrogens is 2. The van der Waals surface area contributed by atoms with Gasteiger partial charge >= 0.3 is 5.69 Å². The Kier molecular flexibility index (Phi) is 4.30. The van der Waals surface area contributed by atoms with Gasteiger partial charge in [-0.05, 0) is 20.8 Å². The molecular formula is C16H17N5O2S. The van der Waals surface area contributed by atoms with Crippen LogP contribution < -0.4 is 11.0 Å². The molecule has 0 radical (unpaired) electrons. The van der Waals surface area contributed by atoms with Gasteiger partial charge in [-0.25, -0.2) is 14.9 Å². The number of nitrogens with zero attached hydrogens (tertiary/aromatic N) is 2. The van der Waals surface area contributed by atoms with Crippen molar-refractivity contribution in [1.82, 2.24) is 25.5 Å². The summed E-state index contributed by atoms with van der Waals surface area (Å²) in [5.41, 5.74) is 2.61. The van der Waals surface area contributed by atoms with Gasteiger partial charge in [-0.2, -0.15) is 0 Å². The summed E-state index contributed by atoms with van der Waals surface area (Å²) >= 11 is 1.54. The van der Waals surface area contributed by atoms with Gasteiger partial charge < -0.3 is 5.32 Å². The summed E-state index contributed by atoms with van der Waals surface area (Å²) in [4.78, 5) is 31.0. The van der Waals surface area contributed by atoms with Crippen LogP contribution in [0.15, 0.2) is 29.1 Å². The van der Waals surface area contributed by atoms with Gasteiger partial charge in [-0.3, -0.25) is 9.78 Å². The molecule has 8 heteroatoms. The molecule has 3 rings (SSSR count). The van der Waals surface area contributed by atoms with Gasteiger partial charge in [0.05, 0.1) is 16.6 Å². The molecule has 0 aliphatic carbocycles. The molecule has 3 aromatic rings. The number of thiazole rings is 1. The largest absolute Gasteiger partial charge is 0.342 e. The van der Waals surface area contributed by atoms with Crippen LogP contribution in [-0.4, -0.2) is 26.1 Å². The maximum absolute atomic E-state index is 12.1. The predicted molar refractivity (Wildman–Crippen MR) is 92.1 cm³/mol. The van der Waals surface area contributed by atoms with Crippen LogP contribution in [0.5, 0.6) is 0 Å². The molecule has 1 amide bonds. The normalized spacial score (nSPS) is 12.1. The molecule has 1 atom stereocenters. The maximum atomic E-state index is 12.1. The number of hydrogen-bond acceptors (Lipinski definition) is 5. The highest BCUT2D eigenvalue weighted by Gasteiger charge is 2.19. The monoisotopic (exact) mass is 343 g/mol. The van der Waals surface area contributed by atoms with E-state index < -0.39 is 11.6 Å². The summed E-state index contributed by atoms with van der Waals surface area (Å²) < 4.78 is 0. The number of aromatic nitrogens is 4. The Morgan fingerprint density at radius 2 is 1.96 bits per heavy atom. The lowest BCUT2D eigenvalue weighted by molar-refractivity contribution is 0.0930. The van der Waals surface area contributed by atoms with Gasteiger partial charge in [0.1, 0.15) is 5.01 Å². The second kappa shape index (κ2) is 6.40. The fraction of sp³-hybridized carbons (Fsp3) is 0.250. The van der Waals surface area contributed by atoms with Crippen LogP contribution in [-0.2, 0) is 0 Å². The van der Waals surface area contributed by atoms with E-state index in [0.717, 1.165) is 21.1 Å². The SMILES string of the molecule is Cc1ccc(-c2nc(C)c([C@@H](C)NC(=O)c3n[nH]c(=O)[nH]3)s2)cc1. The average Bonchev–Trinajstić information content (AvgIpc) is 3.14. The number of carbonyl (C=O) groups excluding carboxylic acids is 1. The van der Waals surface area contributed by atoms with Gasteiger partial charge in [0.25, 0.3) is 5.91 Å². The molecule has 0 fully saturated rings. The number of aromatic amines is 2. The number of aryl methyl sites for hydroxylation is 2.